The van der Waals surface area contributed by atoms with Crippen LogP contribution in [0.1, 0.15) is 57.6 Å². The number of halogens is 3. The fraction of sp³-hybridized carbons (Fsp3) is 0.647. The fourth-order valence-electron chi connectivity index (χ4n) is 3.17. The van der Waals surface area contributed by atoms with Crippen molar-refractivity contribution in [3.05, 3.63) is 33.6 Å². The Balaban J connectivity index is 1.88. The van der Waals surface area contributed by atoms with Crippen molar-refractivity contribution in [3.63, 3.8) is 0 Å². The molecule has 118 valence electrons. The van der Waals surface area contributed by atoms with Gasteiger partial charge in [0.2, 0.25) is 0 Å². The lowest BCUT2D eigenvalue weighted by Gasteiger charge is -2.29. The topological polar surface area (TPSA) is 12.0 Å². The summed E-state index contributed by atoms with van der Waals surface area (Å²) in [6.07, 6.45) is 6.57. The molecule has 0 saturated heterocycles. The minimum atomic E-state index is -0.409. The number of hydrogen-bond acceptors (Lipinski definition) is 1. The van der Waals surface area contributed by atoms with E-state index >= 15 is 0 Å². The lowest BCUT2D eigenvalue weighted by Crippen LogP contribution is -2.28. The molecule has 1 aliphatic carbocycles. The summed E-state index contributed by atoms with van der Waals surface area (Å²) in [5, 5.41) is 4.10. The van der Waals surface area contributed by atoms with Crippen molar-refractivity contribution < 1.29 is 4.39 Å². The largest absolute Gasteiger partial charge is 0.310 e. The van der Waals surface area contributed by atoms with Crippen LogP contribution in [-0.2, 0) is 0 Å². The molecule has 21 heavy (non-hydrogen) atoms. The zero-order valence-electron chi connectivity index (χ0n) is 12.8. The van der Waals surface area contributed by atoms with Crippen LogP contribution in [0.3, 0.4) is 0 Å². The second kappa shape index (κ2) is 7.80. The van der Waals surface area contributed by atoms with E-state index in [2.05, 4.69) is 12.2 Å². The molecule has 0 aliphatic heterocycles. The molecule has 0 aromatic heterocycles. The number of nitrogens with one attached hydrogen (secondary N) is 1. The van der Waals surface area contributed by atoms with Crippen LogP contribution in [0.5, 0.6) is 0 Å². The maximum Gasteiger partial charge on any atom is 0.142 e. The van der Waals surface area contributed by atoms with Gasteiger partial charge in [-0.25, -0.2) is 4.39 Å². The van der Waals surface area contributed by atoms with Gasteiger partial charge in [-0.15, -0.1) is 0 Å². The van der Waals surface area contributed by atoms with Crippen molar-refractivity contribution in [2.75, 3.05) is 6.54 Å². The molecule has 0 bridgehead atoms. The quantitative estimate of drug-likeness (QED) is 0.652. The molecule has 1 saturated carbocycles. The highest BCUT2D eigenvalue weighted by molar-refractivity contribution is 6.35. The second-order valence-electron chi connectivity index (χ2n) is 6.21. The molecule has 0 radical (unpaired) electrons. The zero-order valence-corrected chi connectivity index (χ0v) is 14.3. The van der Waals surface area contributed by atoms with E-state index in [4.69, 9.17) is 23.2 Å². The summed E-state index contributed by atoms with van der Waals surface area (Å²) >= 11 is 11.9. The van der Waals surface area contributed by atoms with Crippen molar-refractivity contribution >= 4 is 23.2 Å². The van der Waals surface area contributed by atoms with Crippen molar-refractivity contribution in [1.29, 1.82) is 0 Å². The van der Waals surface area contributed by atoms with Crippen molar-refractivity contribution in [2.24, 2.45) is 11.8 Å². The van der Waals surface area contributed by atoms with Gasteiger partial charge in [0, 0.05) is 11.1 Å². The summed E-state index contributed by atoms with van der Waals surface area (Å²) in [5.74, 6) is 1.23. The van der Waals surface area contributed by atoms with Gasteiger partial charge in [-0.05, 0) is 55.8 Å². The van der Waals surface area contributed by atoms with E-state index in [1.165, 1.54) is 44.2 Å². The van der Waals surface area contributed by atoms with Crippen LogP contribution in [0.15, 0.2) is 12.1 Å². The lowest BCUT2D eigenvalue weighted by molar-refractivity contribution is 0.258. The predicted molar refractivity (Wildman–Crippen MR) is 88.6 cm³/mol. The Kier molecular flexibility index (Phi) is 6.34. The highest BCUT2D eigenvalue weighted by atomic mass is 35.5. The minimum absolute atomic E-state index is 0.0353. The third-order valence-corrected chi connectivity index (χ3v) is 5.38. The summed E-state index contributed by atoms with van der Waals surface area (Å²) in [4.78, 5) is 0. The van der Waals surface area contributed by atoms with Gasteiger partial charge in [0.05, 0.1) is 5.02 Å². The van der Waals surface area contributed by atoms with Gasteiger partial charge in [0.25, 0.3) is 0 Å². The normalized spacial score (nSPS) is 24.0. The standard InChI is InChI=1S/C17H24Cl2FN/c1-3-12-4-6-13(7-5-12)10-21-11(2)14-8-17(20)16(19)9-15(14)18/h8-9,11-13,21H,3-7,10H2,1-2H3. The van der Waals surface area contributed by atoms with Gasteiger partial charge in [-0.2, -0.15) is 0 Å². The van der Waals surface area contributed by atoms with E-state index < -0.39 is 5.82 Å². The molecular weight excluding hydrogens is 308 g/mol. The molecule has 0 spiro atoms. The van der Waals surface area contributed by atoms with Crippen LogP contribution in [0.2, 0.25) is 10.0 Å². The predicted octanol–water partition coefficient (Wildman–Crippen LogP) is 6.00. The smallest absolute Gasteiger partial charge is 0.142 e. The van der Waals surface area contributed by atoms with E-state index in [1.807, 2.05) is 6.92 Å². The Bertz CT molecular complexity index is 470. The molecule has 2 rings (SSSR count). The molecule has 1 atom stereocenters. The summed E-state index contributed by atoms with van der Waals surface area (Å²) in [6, 6.07) is 2.96. The first-order valence-corrected chi connectivity index (χ1v) is 8.64. The molecular formula is C17H24Cl2FN. The molecule has 1 fully saturated rings. The van der Waals surface area contributed by atoms with E-state index in [1.54, 1.807) is 0 Å². The first-order chi connectivity index (χ1) is 10.0. The fourth-order valence-corrected chi connectivity index (χ4v) is 3.71. The molecule has 1 N–H and O–H groups in total. The summed E-state index contributed by atoms with van der Waals surface area (Å²) in [6.45, 7) is 5.27. The highest BCUT2D eigenvalue weighted by Gasteiger charge is 2.21. The number of rotatable bonds is 5. The number of benzene rings is 1. The summed E-state index contributed by atoms with van der Waals surface area (Å²) < 4.78 is 13.6. The zero-order chi connectivity index (χ0) is 15.4. The molecule has 1 aromatic rings. The van der Waals surface area contributed by atoms with Gasteiger partial charge in [-0.1, -0.05) is 49.4 Å². The van der Waals surface area contributed by atoms with Crippen LogP contribution in [-0.4, -0.2) is 6.54 Å². The number of hydrogen-bond donors (Lipinski definition) is 1. The van der Waals surface area contributed by atoms with Crippen LogP contribution < -0.4 is 5.32 Å². The van der Waals surface area contributed by atoms with E-state index in [0.717, 1.165) is 23.9 Å². The maximum atomic E-state index is 13.6. The molecule has 1 nitrogen and oxygen atoms in total. The van der Waals surface area contributed by atoms with Crippen LogP contribution in [0.25, 0.3) is 0 Å². The Morgan fingerprint density at radius 3 is 2.38 bits per heavy atom. The van der Waals surface area contributed by atoms with E-state index in [0.29, 0.717) is 5.02 Å². The maximum absolute atomic E-state index is 13.6. The second-order valence-corrected chi connectivity index (χ2v) is 7.03. The Morgan fingerprint density at radius 2 is 1.76 bits per heavy atom. The van der Waals surface area contributed by atoms with Gasteiger partial charge in [0.1, 0.15) is 5.82 Å². The van der Waals surface area contributed by atoms with Crippen molar-refractivity contribution in [2.45, 2.75) is 52.0 Å². The van der Waals surface area contributed by atoms with E-state index in [9.17, 15) is 4.39 Å². The first-order valence-electron chi connectivity index (χ1n) is 7.89. The average molecular weight is 332 g/mol. The summed E-state index contributed by atoms with van der Waals surface area (Å²) in [7, 11) is 0. The van der Waals surface area contributed by atoms with Crippen LogP contribution >= 0.6 is 23.2 Å². The van der Waals surface area contributed by atoms with E-state index in [-0.39, 0.29) is 11.1 Å². The third-order valence-electron chi connectivity index (χ3n) is 4.76. The molecule has 1 aliphatic rings. The lowest BCUT2D eigenvalue weighted by atomic mass is 9.81. The van der Waals surface area contributed by atoms with Crippen LogP contribution in [0.4, 0.5) is 4.39 Å². The van der Waals surface area contributed by atoms with Crippen molar-refractivity contribution in [3.8, 4) is 0 Å². The molecule has 1 aromatic carbocycles. The minimum Gasteiger partial charge on any atom is -0.310 e. The molecule has 4 heteroatoms. The Hall–Kier alpha value is -0.310. The molecule has 1 unspecified atom stereocenters. The molecule has 0 amide bonds. The molecule has 0 heterocycles. The van der Waals surface area contributed by atoms with Gasteiger partial charge in [-0.3, -0.25) is 0 Å². The Morgan fingerprint density at radius 1 is 1.14 bits per heavy atom. The first kappa shape index (κ1) is 17.1. The third kappa shape index (κ3) is 4.58. The van der Waals surface area contributed by atoms with Gasteiger partial charge in [0.15, 0.2) is 0 Å². The average Bonchev–Trinajstić information content (AvgIpc) is 2.49. The van der Waals surface area contributed by atoms with Crippen molar-refractivity contribution in [1.82, 2.24) is 5.32 Å². The van der Waals surface area contributed by atoms with Crippen LogP contribution in [0, 0.1) is 17.7 Å². The highest BCUT2D eigenvalue weighted by Crippen LogP contribution is 2.32. The monoisotopic (exact) mass is 331 g/mol. The Labute approximate surface area is 137 Å². The van der Waals surface area contributed by atoms with Gasteiger partial charge >= 0.3 is 0 Å². The van der Waals surface area contributed by atoms with Gasteiger partial charge < -0.3 is 5.32 Å². The summed E-state index contributed by atoms with van der Waals surface area (Å²) in [5.41, 5.74) is 0.779. The SMILES string of the molecule is CCC1CCC(CNC(C)c2cc(F)c(Cl)cc2Cl)CC1.